The van der Waals surface area contributed by atoms with Crippen molar-refractivity contribution in [1.29, 1.82) is 0 Å². The largest absolute Gasteiger partial charge is 0.352 e. The standard InChI is InChI=1S/C20H27N5O2.ClH/c1-14(2)12-22-19(26)16-7-3-4-8-17(16)23-20(27)18-9-11-25(24-18)15-6-5-10-21-13-15;/h3-4,7-9,11,14-15,21H,5-6,10,12-13H2,1-2H3,(H,22,26)(H,23,27);1H. The number of halogens is 1. The zero-order valence-electron chi connectivity index (χ0n) is 16.3. The second kappa shape index (κ2) is 10.2. The first-order chi connectivity index (χ1) is 13.0. The van der Waals surface area contributed by atoms with Gasteiger partial charge >= 0.3 is 0 Å². The van der Waals surface area contributed by atoms with Gasteiger partial charge in [-0.3, -0.25) is 14.3 Å². The van der Waals surface area contributed by atoms with E-state index in [1.54, 1.807) is 30.3 Å². The molecule has 0 bridgehead atoms. The summed E-state index contributed by atoms with van der Waals surface area (Å²) in [4.78, 5) is 25.0. The molecule has 2 aromatic rings. The molecule has 0 saturated carbocycles. The van der Waals surface area contributed by atoms with E-state index in [0.717, 1.165) is 25.9 Å². The third-order valence-electron chi connectivity index (χ3n) is 4.58. The third-order valence-corrected chi connectivity index (χ3v) is 4.58. The van der Waals surface area contributed by atoms with Crippen LogP contribution in [0.2, 0.25) is 0 Å². The number of hydrogen-bond acceptors (Lipinski definition) is 4. The van der Waals surface area contributed by atoms with Crippen molar-refractivity contribution in [2.24, 2.45) is 5.92 Å². The van der Waals surface area contributed by atoms with E-state index in [0.29, 0.717) is 29.4 Å². The van der Waals surface area contributed by atoms with E-state index in [2.05, 4.69) is 21.0 Å². The number of aromatic nitrogens is 2. The van der Waals surface area contributed by atoms with Crippen LogP contribution in [-0.2, 0) is 0 Å². The van der Waals surface area contributed by atoms with Crippen molar-refractivity contribution in [2.45, 2.75) is 32.7 Å². The first-order valence-corrected chi connectivity index (χ1v) is 9.49. The summed E-state index contributed by atoms with van der Waals surface area (Å²) in [7, 11) is 0. The lowest BCUT2D eigenvalue weighted by molar-refractivity contribution is 0.0950. The normalized spacial score (nSPS) is 16.3. The van der Waals surface area contributed by atoms with E-state index < -0.39 is 0 Å². The molecule has 152 valence electrons. The van der Waals surface area contributed by atoms with Gasteiger partial charge < -0.3 is 16.0 Å². The van der Waals surface area contributed by atoms with Gasteiger partial charge in [0.05, 0.1) is 17.3 Å². The number of benzene rings is 1. The predicted octanol–water partition coefficient (Wildman–Crippen LogP) is 2.87. The van der Waals surface area contributed by atoms with Crippen LogP contribution >= 0.6 is 12.4 Å². The van der Waals surface area contributed by atoms with E-state index in [1.807, 2.05) is 24.7 Å². The Kier molecular flexibility index (Phi) is 8.02. The fourth-order valence-corrected chi connectivity index (χ4v) is 3.09. The molecule has 0 radical (unpaired) electrons. The van der Waals surface area contributed by atoms with Crippen LogP contribution in [0.5, 0.6) is 0 Å². The maximum Gasteiger partial charge on any atom is 0.276 e. The summed E-state index contributed by atoms with van der Waals surface area (Å²) in [6, 6.07) is 8.99. The van der Waals surface area contributed by atoms with Crippen LogP contribution < -0.4 is 16.0 Å². The van der Waals surface area contributed by atoms with E-state index in [4.69, 9.17) is 0 Å². The molecular formula is C20H28ClN5O2. The highest BCUT2D eigenvalue weighted by Crippen LogP contribution is 2.18. The molecule has 1 aliphatic heterocycles. The minimum atomic E-state index is -0.318. The Balaban J connectivity index is 0.00000280. The van der Waals surface area contributed by atoms with Crippen molar-refractivity contribution < 1.29 is 9.59 Å². The zero-order chi connectivity index (χ0) is 19.2. The first-order valence-electron chi connectivity index (χ1n) is 9.49. The van der Waals surface area contributed by atoms with Crippen molar-refractivity contribution in [2.75, 3.05) is 25.0 Å². The van der Waals surface area contributed by atoms with Gasteiger partial charge in [0, 0.05) is 19.3 Å². The van der Waals surface area contributed by atoms with Crippen LogP contribution in [0, 0.1) is 5.92 Å². The van der Waals surface area contributed by atoms with Gasteiger partial charge in [-0.1, -0.05) is 26.0 Å². The maximum absolute atomic E-state index is 12.6. The Morgan fingerprint density at radius 1 is 1.25 bits per heavy atom. The van der Waals surface area contributed by atoms with E-state index in [1.165, 1.54) is 0 Å². The SMILES string of the molecule is CC(C)CNC(=O)c1ccccc1NC(=O)c1ccn(C2CCCNC2)n1.Cl. The zero-order valence-corrected chi connectivity index (χ0v) is 17.1. The van der Waals surface area contributed by atoms with Gasteiger partial charge in [0.15, 0.2) is 5.69 Å². The van der Waals surface area contributed by atoms with Crippen molar-refractivity contribution >= 4 is 29.9 Å². The number of amides is 2. The highest BCUT2D eigenvalue weighted by Gasteiger charge is 2.19. The summed E-state index contributed by atoms with van der Waals surface area (Å²) in [5, 5.41) is 13.5. The molecule has 0 aliphatic carbocycles. The van der Waals surface area contributed by atoms with Crippen molar-refractivity contribution in [3.8, 4) is 0 Å². The van der Waals surface area contributed by atoms with Gasteiger partial charge in [-0.2, -0.15) is 5.10 Å². The molecule has 28 heavy (non-hydrogen) atoms. The van der Waals surface area contributed by atoms with Gasteiger partial charge in [-0.05, 0) is 43.5 Å². The van der Waals surface area contributed by atoms with Gasteiger partial charge in [-0.15, -0.1) is 12.4 Å². The molecule has 3 N–H and O–H groups in total. The van der Waals surface area contributed by atoms with E-state index in [9.17, 15) is 9.59 Å². The summed E-state index contributed by atoms with van der Waals surface area (Å²) >= 11 is 0. The number of nitrogens with one attached hydrogen (secondary N) is 3. The smallest absolute Gasteiger partial charge is 0.276 e. The lowest BCUT2D eigenvalue weighted by atomic mass is 10.1. The highest BCUT2D eigenvalue weighted by molar-refractivity contribution is 6.08. The van der Waals surface area contributed by atoms with Crippen molar-refractivity contribution in [1.82, 2.24) is 20.4 Å². The second-order valence-corrected chi connectivity index (χ2v) is 7.28. The average Bonchev–Trinajstić information content (AvgIpc) is 3.17. The molecule has 7 nitrogen and oxygen atoms in total. The van der Waals surface area contributed by atoms with Gasteiger partial charge in [0.2, 0.25) is 0 Å². The second-order valence-electron chi connectivity index (χ2n) is 7.28. The average molecular weight is 406 g/mol. The number of anilines is 1. The van der Waals surface area contributed by atoms with Crippen LogP contribution in [0.25, 0.3) is 0 Å². The Labute approximate surface area is 171 Å². The predicted molar refractivity (Wildman–Crippen MR) is 112 cm³/mol. The molecule has 0 spiro atoms. The number of piperidine rings is 1. The van der Waals surface area contributed by atoms with Gasteiger partial charge in [0.1, 0.15) is 0 Å². The summed E-state index contributed by atoms with van der Waals surface area (Å²) < 4.78 is 1.85. The maximum atomic E-state index is 12.6. The fraction of sp³-hybridized carbons (Fsp3) is 0.450. The number of carbonyl (C=O) groups is 2. The number of nitrogens with zero attached hydrogens (tertiary/aromatic N) is 2. The molecular weight excluding hydrogens is 378 g/mol. The molecule has 1 aromatic heterocycles. The number of rotatable bonds is 6. The molecule has 2 amide bonds. The molecule has 8 heteroatoms. The van der Waals surface area contributed by atoms with E-state index >= 15 is 0 Å². The van der Waals surface area contributed by atoms with E-state index in [-0.39, 0.29) is 30.3 Å². The van der Waals surface area contributed by atoms with Crippen LogP contribution in [-0.4, -0.2) is 41.2 Å². The van der Waals surface area contributed by atoms with Gasteiger partial charge in [0.25, 0.3) is 11.8 Å². The fourth-order valence-electron chi connectivity index (χ4n) is 3.09. The molecule has 3 rings (SSSR count). The van der Waals surface area contributed by atoms with Crippen molar-refractivity contribution in [3.63, 3.8) is 0 Å². The monoisotopic (exact) mass is 405 g/mol. The Hall–Kier alpha value is -2.38. The highest BCUT2D eigenvalue weighted by atomic mass is 35.5. The third kappa shape index (κ3) is 5.56. The molecule has 1 unspecified atom stereocenters. The molecule has 1 aliphatic rings. The summed E-state index contributed by atoms with van der Waals surface area (Å²) in [6.07, 6.45) is 3.99. The topological polar surface area (TPSA) is 88.0 Å². The lowest BCUT2D eigenvalue weighted by Crippen LogP contribution is -2.32. The summed E-state index contributed by atoms with van der Waals surface area (Å²) in [5.41, 5.74) is 1.28. The van der Waals surface area contributed by atoms with Crippen molar-refractivity contribution in [3.05, 3.63) is 47.8 Å². The van der Waals surface area contributed by atoms with Crippen LogP contribution in [0.4, 0.5) is 5.69 Å². The lowest BCUT2D eigenvalue weighted by Gasteiger charge is -2.22. The minimum Gasteiger partial charge on any atom is -0.352 e. The summed E-state index contributed by atoms with van der Waals surface area (Å²) in [5.74, 6) is -0.158. The Morgan fingerprint density at radius 2 is 2.04 bits per heavy atom. The van der Waals surface area contributed by atoms with Gasteiger partial charge in [-0.25, -0.2) is 0 Å². The quantitative estimate of drug-likeness (QED) is 0.689. The Morgan fingerprint density at radius 3 is 2.75 bits per heavy atom. The molecule has 1 atom stereocenters. The molecule has 2 heterocycles. The number of hydrogen-bond donors (Lipinski definition) is 3. The summed E-state index contributed by atoms with van der Waals surface area (Å²) in [6.45, 7) is 6.54. The van der Waals surface area contributed by atoms with Crippen LogP contribution in [0.1, 0.15) is 53.6 Å². The number of carbonyl (C=O) groups excluding carboxylic acids is 2. The number of para-hydroxylation sites is 1. The Bertz CT molecular complexity index is 799. The minimum absolute atomic E-state index is 0. The molecule has 1 fully saturated rings. The molecule has 1 aromatic carbocycles. The molecule has 1 saturated heterocycles. The van der Waals surface area contributed by atoms with Crippen LogP contribution in [0.3, 0.4) is 0 Å². The van der Waals surface area contributed by atoms with Crippen LogP contribution in [0.15, 0.2) is 36.5 Å². The first kappa shape index (κ1) is 21.9.